The predicted molar refractivity (Wildman–Crippen MR) is 74.0 cm³/mol. The van der Waals surface area contributed by atoms with Crippen LogP contribution in [0.4, 0.5) is 0 Å². The first-order valence-corrected chi connectivity index (χ1v) is 6.84. The van der Waals surface area contributed by atoms with Gasteiger partial charge in [0.25, 0.3) is 0 Å². The molecule has 1 aromatic rings. The molecule has 0 saturated carbocycles. The first kappa shape index (κ1) is 13.9. The van der Waals surface area contributed by atoms with E-state index in [0.29, 0.717) is 19.1 Å². The van der Waals surface area contributed by atoms with Gasteiger partial charge in [0.2, 0.25) is 5.79 Å². The Labute approximate surface area is 114 Å². The molecule has 2 nitrogen and oxygen atoms in total. The van der Waals surface area contributed by atoms with Gasteiger partial charge in [-0.3, -0.25) is 0 Å². The smallest absolute Gasteiger partial charge is 0.209 e. The minimum Gasteiger partial charge on any atom is -0.344 e. The molecule has 100 valence electrons. The van der Waals surface area contributed by atoms with Crippen LogP contribution >= 0.6 is 11.6 Å². The van der Waals surface area contributed by atoms with Crippen LogP contribution in [-0.4, -0.2) is 19.1 Å². The zero-order chi connectivity index (χ0) is 13.4. The molecule has 1 aliphatic rings. The maximum Gasteiger partial charge on any atom is 0.209 e. The standard InChI is InChI=1S/C15H21ClO2/c1-11-5-6-12(2)13(7-11)15(8-16)17-9-14(3,4)10-18-15/h5-7H,8-10H2,1-4H3. The van der Waals surface area contributed by atoms with Gasteiger partial charge in [0.05, 0.1) is 19.1 Å². The largest absolute Gasteiger partial charge is 0.344 e. The van der Waals surface area contributed by atoms with E-state index in [4.69, 9.17) is 21.1 Å². The molecule has 0 unspecified atom stereocenters. The van der Waals surface area contributed by atoms with E-state index < -0.39 is 5.79 Å². The van der Waals surface area contributed by atoms with Crippen molar-refractivity contribution in [2.75, 3.05) is 19.1 Å². The normalized spacial score (nSPS) is 21.8. The summed E-state index contributed by atoms with van der Waals surface area (Å²) in [6.07, 6.45) is 0. The van der Waals surface area contributed by atoms with Crippen LogP contribution in [0.2, 0.25) is 0 Å². The van der Waals surface area contributed by atoms with Gasteiger partial charge in [-0.15, -0.1) is 11.6 Å². The van der Waals surface area contributed by atoms with Crippen molar-refractivity contribution in [1.82, 2.24) is 0 Å². The summed E-state index contributed by atoms with van der Waals surface area (Å²) in [5, 5.41) is 0. The highest BCUT2D eigenvalue weighted by atomic mass is 35.5. The maximum absolute atomic E-state index is 6.14. The van der Waals surface area contributed by atoms with Crippen LogP contribution in [-0.2, 0) is 15.3 Å². The summed E-state index contributed by atoms with van der Waals surface area (Å²) in [5.74, 6) is -0.472. The molecule has 1 aromatic carbocycles. The third-order valence-corrected chi connectivity index (χ3v) is 3.72. The number of alkyl halides is 1. The summed E-state index contributed by atoms with van der Waals surface area (Å²) < 4.78 is 12.0. The first-order valence-electron chi connectivity index (χ1n) is 6.30. The van der Waals surface area contributed by atoms with E-state index >= 15 is 0 Å². The zero-order valence-electron chi connectivity index (χ0n) is 11.5. The molecular weight excluding hydrogens is 248 g/mol. The predicted octanol–water partition coefficient (Wildman–Crippen LogP) is 3.77. The highest BCUT2D eigenvalue weighted by molar-refractivity contribution is 6.18. The monoisotopic (exact) mass is 268 g/mol. The van der Waals surface area contributed by atoms with E-state index in [2.05, 4.69) is 45.9 Å². The summed E-state index contributed by atoms with van der Waals surface area (Å²) in [6.45, 7) is 9.72. The van der Waals surface area contributed by atoms with Crippen molar-refractivity contribution in [1.29, 1.82) is 0 Å². The van der Waals surface area contributed by atoms with Crippen LogP contribution in [0.3, 0.4) is 0 Å². The van der Waals surface area contributed by atoms with E-state index in [1.807, 2.05) is 0 Å². The lowest BCUT2D eigenvalue weighted by atomic mass is 9.92. The van der Waals surface area contributed by atoms with Crippen molar-refractivity contribution in [2.24, 2.45) is 5.41 Å². The number of hydrogen-bond acceptors (Lipinski definition) is 2. The second kappa shape index (κ2) is 4.84. The molecular formula is C15H21ClO2. The van der Waals surface area contributed by atoms with Gasteiger partial charge >= 0.3 is 0 Å². The third kappa shape index (κ3) is 2.56. The molecule has 0 aromatic heterocycles. The molecule has 2 rings (SSSR count). The quantitative estimate of drug-likeness (QED) is 0.760. The second-order valence-corrected chi connectivity index (χ2v) is 6.21. The number of rotatable bonds is 2. The summed E-state index contributed by atoms with van der Waals surface area (Å²) >= 11 is 6.14. The van der Waals surface area contributed by atoms with Crippen LogP contribution in [0, 0.1) is 19.3 Å². The lowest BCUT2D eigenvalue weighted by molar-refractivity contribution is -0.296. The van der Waals surface area contributed by atoms with Gasteiger partial charge in [-0.1, -0.05) is 37.6 Å². The SMILES string of the molecule is Cc1ccc(C)c(C2(CCl)OCC(C)(C)CO2)c1. The van der Waals surface area contributed by atoms with Crippen LogP contribution < -0.4 is 0 Å². The van der Waals surface area contributed by atoms with Gasteiger partial charge < -0.3 is 9.47 Å². The summed E-state index contributed by atoms with van der Waals surface area (Å²) in [5.41, 5.74) is 3.44. The number of halogens is 1. The molecule has 0 spiro atoms. The van der Waals surface area contributed by atoms with E-state index in [9.17, 15) is 0 Å². The molecule has 0 atom stereocenters. The topological polar surface area (TPSA) is 18.5 Å². The van der Waals surface area contributed by atoms with E-state index in [0.717, 1.165) is 11.1 Å². The van der Waals surface area contributed by atoms with Gasteiger partial charge in [-0.25, -0.2) is 0 Å². The minimum atomic E-state index is -0.785. The average molecular weight is 269 g/mol. The Hall–Kier alpha value is -0.570. The van der Waals surface area contributed by atoms with Crippen molar-refractivity contribution in [3.63, 3.8) is 0 Å². The Morgan fingerprint density at radius 2 is 1.78 bits per heavy atom. The fraction of sp³-hybridized carbons (Fsp3) is 0.600. The summed E-state index contributed by atoms with van der Waals surface area (Å²) in [4.78, 5) is 0. The molecule has 3 heteroatoms. The maximum atomic E-state index is 6.14. The van der Waals surface area contributed by atoms with Gasteiger partial charge in [0, 0.05) is 11.0 Å². The zero-order valence-corrected chi connectivity index (χ0v) is 12.3. The van der Waals surface area contributed by atoms with Crippen LogP contribution in [0.1, 0.15) is 30.5 Å². The fourth-order valence-electron chi connectivity index (χ4n) is 2.16. The Morgan fingerprint density at radius 3 is 2.33 bits per heavy atom. The molecule has 0 radical (unpaired) electrons. The van der Waals surface area contributed by atoms with Crippen molar-refractivity contribution < 1.29 is 9.47 Å². The van der Waals surface area contributed by atoms with Gasteiger partial charge in [-0.05, 0) is 19.4 Å². The van der Waals surface area contributed by atoms with Crippen LogP contribution in [0.5, 0.6) is 0 Å². The fourth-order valence-corrected chi connectivity index (χ4v) is 2.46. The molecule has 0 bridgehead atoms. The Bertz CT molecular complexity index is 430. The third-order valence-electron chi connectivity index (χ3n) is 3.37. The highest BCUT2D eigenvalue weighted by Gasteiger charge is 2.42. The summed E-state index contributed by atoms with van der Waals surface area (Å²) in [7, 11) is 0. The van der Waals surface area contributed by atoms with Gasteiger partial charge in [-0.2, -0.15) is 0 Å². The molecule has 0 N–H and O–H groups in total. The van der Waals surface area contributed by atoms with Crippen molar-refractivity contribution >= 4 is 11.6 Å². The highest BCUT2D eigenvalue weighted by Crippen LogP contribution is 2.39. The first-order chi connectivity index (χ1) is 8.38. The molecule has 1 aliphatic heterocycles. The number of ether oxygens (including phenoxy) is 2. The Morgan fingerprint density at radius 1 is 1.17 bits per heavy atom. The lowest BCUT2D eigenvalue weighted by Crippen LogP contribution is -2.47. The van der Waals surface area contributed by atoms with Gasteiger partial charge in [0.1, 0.15) is 0 Å². The second-order valence-electron chi connectivity index (χ2n) is 5.95. The van der Waals surface area contributed by atoms with Crippen LogP contribution in [0.25, 0.3) is 0 Å². The van der Waals surface area contributed by atoms with E-state index in [1.54, 1.807) is 0 Å². The van der Waals surface area contributed by atoms with Crippen molar-refractivity contribution in [2.45, 2.75) is 33.5 Å². The molecule has 0 aliphatic carbocycles. The van der Waals surface area contributed by atoms with E-state index in [-0.39, 0.29) is 5.41 Å². The Balaban J connectivity index is 2.36. The molecule has 0 amide bonds. The number of aryl methyl sites for hydroxylation is 2. The van der Waals surface area contributed by atoms with Crippen molar-refractivity contribution in [3.05, 3.63) is 34.9 Å². The molecule has 1 heterocycles. The van der Waals surface area contributed by atoms with Gasteiger partial charge in [0.15, 0.2) is 0 Å². The van der Waals surface area contributed by atoms with E-state index in [1.165, 1.54) is 5.56 Å². The lowest BCUT2D eigenvalue weighted by Gasteiger charge is -2.43. The molecule has 18 heavy (non-hydrogen) atoms. The number of hydrogen-bond donors (Lipinski definition) is 0. The Kier molecular flexibility index (Phi) is 3.72. The van der Waals surface area contributed by atoms with Crippen molar-refractivity contribution in [3.8, 4) is 0 Å². The average Bonchev–Trinajstić information content (AvgIpc) is 2.33. The minimum absolute atomic E-state index is 0.0489. The molecule has 1 saturated heterocycles. The summed E-state index contributed by atoms with van der Waals surface area (Å²) in [6, 6.07) is 6.29. The number of benzene rings is 1. The molecule has 1 fully saturated rings. The van der Waals surface area contributed by atoms with Crippen LogP contribution in [0.15, 0.2) is 18.2 Å².